The van der Waals surface area contributed by atoms with Crippen LogP contribution in [-0.2, 0) is 19.1 Å². The second kappa shape index (κ2) is 16.6. The van der Waals surface area contributed by atoms with E-state index in [1.54, 1.807) is 83.8 Å². The number of aromatic nitrogens is 1. The number of halogens is 3. The third kappa shape index (κ3) is 10.7. The number of carbonyl (C=O) groups is 4. The first kappa shape index (κ1) is 40.8. The number of carbonyl (C=O) groups excluding carboxylic acids is 4. The number of hydrogen-bond donors (Lipinski definition) is 3. The fourth-order valence-corrected chi connectivity index (χ4v) is 6.38. The number of alkyl carbamates (subject to hydrolysis) is 1. The van der Waals surface area contributed by atoms with E-state index in [1.807, 2.05) is 6.07 Å². The molecule has 0 aliphatic carbocycles. The quantitative estimate of drug-likeness (QED) is 0.135. The van der Waals surface area contributed by atoms with Gasteiger partial charge in [0.05, 0.1) is 28.0 Å². The number of aliphatic imine (C=N–C) groups is 1. The first-order chi connectivity index (χ1) is 25.8. The fraction of sp³-hybridized carbons (Fsp3) is 0.400. The fourth-order valence-electron chi connectivity index (χ4n) is 6.23. The van der Waals surface area contributed by atoms with Crippen molar-refractivity contribution in [1.29, 1.82) is 0 Å². The largest absolute Gasteiger partial charge is 0.444 e. The third-order valence-corrected chi connectivity index (χ3v) is 8.99. The van der Waals surface area contributed by atoms with Crippen molar-refractivity contribution in [1.82, 2.24) is 15.2 Å². The molecule has 2 aliphatic heterocycles. The molecule has 0 spiro atoms. The summed E-state index contributed by atoms with van der Waals surface area (Å²) < 4.78 is 40.3. The lowest BCUT2D eigenvalue weighted by atomic mass is 9.92. The number of fused-ring (bicyclic) bond motifs is 4. The molecule has 2 bridgehead atoms. The Hall–Kier alpha value is -5.37. The first-order valence-electron chi connectivity index (χ1n) is 17.9. The summed E-state index contributed by atoms with van der Waals surface area (Å²) in [5.41, 5.74) is 0.904. The van der Waals surface area contributed by atoms with Gasteiger partial charge in [-0.1, -0.05) is 31.0 Å². The molecule has 1 aromatic heterocycles. The number of pyridine rings is 1. The van der Waals surface area contributed by atoms with E-state index >= 15 is 0 Å². The van der Waals surface area contributed by atoms with Gasteiger partial charge in [0, 0.05) is 36.0 Å². The molecular formula is C40H45ClF2N6O6. The molecule has 0 unspecified atom stereocenters. The Morgan fingerprint density at radius 2 is 1.73 bits per heavy atom. The molecule has 15 heteroatoms. The Bertz CT molecular complexity index is 2060. The van der Waals surface area contributed by atoms with Gasteiger partial charge in [0.1, 0.15) is 17.0 Å². The zero-order chi connectivity index (χ0) is 40.2. The molecule has 292 valence electrons. The van der Waals surface area contributed by atoms with Crippen LogP contribution in [0.4, 0.5) is 29.7 Å². The highest BCUT2D eigenvalue weighted by Crippen LogP contribution is 2.38. The highest BCUT2D eigenvalue weighted by atomic mass is 35.5. The smallest absolute Gasteiger partial charge is 0.437 e. The van der Waals surface area contributed by atoms with Crippen LogP contribution in [-0.4, -0.2) is 57.6 Å². The molecule has 3 N–H and O–H groups in total. The molecule has 3 aromatic rings. The van der Waals surface area contributed by atoms with Crippen molar-refractivity contribution in [2.24, 2.45) is 10.9 Å². The van der Waals surface area contributed by atoms with E-state index in [2.05, 4.69) is 25.9 Å². The lowest BCUT2D eigenvalue weighted by Gasteiger charge is -2.34. The minimum absolute atomic E-state index is 0.179. The molecule has 4 amide bonds. The predicted molar refractivity (Wildman–Crippen MR) is 206 cm³/mol. The number of ether oxygens (including phenoxy) is 2. The Kier molecular flexibility index (Phi) is 12.3. The van der Waals surface area contributed by atoms with Crippen LogP contribution in [0.3, 0.4) is 0 Å². The van der Waals surface area contributed by atoms with E-state index in [4.69, 9.17) is 21.1 Å². The maximum Gasteiger partial charge on any atom is 0.437 e. The molecule has 0 saturated heterocycles. The molecule has 55 heavy (non-hydrogen) atoms. The SMILES string of the molecule is C[C@@H]1CCC[C@H](N2CCC(c3c(F)ccc(Cl)c3F)=CC2=O)c2cc(ccn2)-c2ccc(N/C(=N/C(=O)OC(C)(C)C)NC(=O)OC(C)(C)C)cc2NC1=O. The van der Waals surface area contributed by atoms with E-state index in [0.717, 1.165) is 12.1 Å². The predicted octanol–water partition coefficient (Wildman–Crippen LogP) is 9.02. The summed E-state index contributed by atoms with van der Waals surface area (Å²) in [5, 5.41) is 8.18. The van der Waals surface area contributed by atoms with E-state index in [1.165, 1.54) is 6.08 Å². The lowest BCUT2D eigenvalue weighted by molar-refractivity contribution is -0.129. The van der Waals surface area contributed by atoms with Gasteiger partial charge in [-0.25, -0.2) is 18.4 Å². The summed E-state index contributed by atoms with van der Waals surface area (Å²) in [4.78, 5) is 62.8. The van der Waals surface area contributed by atoms with Crippen LogP contribution in [0.2, 0.25) is 5.02 Å². The second-order valence-corrected chi connectivity index (χ2v) is 15.8. The van der Waals surface area contributed by atoms with Crippen molar-refractivity contribution in [2.75, 3.05) is 17.2 Å². The van der Waals surface area contributed by atoms with Crippen molar-refractivity contribution in [3.05, 3.63) is 82.7 Å². The average Bonchev–Trinajstić information content (AvgIpc) is 3.07. The lowest BCUT2D eigenvalue weighted by Crippen LogP contribution is -2.40. The van der Waals surface area contributed by atoms with Gasteiger partial charge >= 0.3 is 12.2 Å². The van der Waals surface area contributed by atoms with E-state index < -0.39 is 52.9 Å². The zero-order valence-corrected chi connectivity index (χ0v) is 32.6. The molecule has 0 radical (unpaired) electrons. The maximum atomic E-state index is 14.9. The summed E-state index contributed by atoms with van der Waals surface area (Å²) in [6, 6.07) is 10.4. The van der Waals surface area contributed by atoms with Crippen LogP contribution in [0.5, 0.6) is 0 Å². The van der Waals surface area contributed by atoms with Crippen LogP contribution in [0.15, 0.2) is 59.7 Å². The normalized spacial score (nSPS) is 18.2. The van der Waals surface area contributed by atoms with Gasteiger partial charge in [0.2, 0.25) is 17.8 Å². The van der Waals surface area contributed by atoms with Gasteiger partial charge in [-0.2, -0.15) is 0 Å². The second-order valence-electron chi connectivity index (χ2n) is 15.4. The van der Waals surface area contributed by atoms with Crippen LogP contribution in [0.1, 0.15) is 91.4 Å². The minimum Gasteiger partial charge on any atom is -0.444 e. The molecule has 0 fully saturated rings. The molecule has 2 aliphatic rings. The van der Waals surface area contributed by atoms with Crippen LogP contribution < -0.4 is 16.0 Å². The number of amides is 4. The van der Waals surface area contributed by atoms with Gasteiger partial charge in [-0.15, -0.1) is 4.99 Å². The molecule has 2 atom stereocenters. The van der Waals surface area contributed by atoms with Gasteiger partial charge in [0.15, 0.2) is 5.82 Å². The van der Waals surface area contributed by atoms with Gasteiger partial charge in [-0.3, -0.25) is 19.9 Å². The Morgan fingerprint density at radius 3 is 2.42 bits per heavy atom. The molecule has 5 rings (SSSR count). The van der Waals surface area contributed by atoms with E-state index in [0.29, 0.717) is 47.5 Å². The number of nitrogens with one attached hydrogen (secondary N) is 3. The van der Waals surface area contributed by atoms with Gasteiger partial charge in [0.25, 0.3) is 0 Å². The Morgan fingerprint density at radius 1 is 1.00 bits per heavy atom. The number of nitrogens with zero attached hydrogens (tertiary/aromatic N) is 3. The number of hydrogen-bond acceptors (Lipinski definition) is 7. The topological polar surface area (TPSA) is 151 Å². The van der Waals surface area contributed by atoms with Crippen molar-refractivity contribution in [3.8, 4) is 11.1 Å². The van der Waals surface area contributed by atoms with Crippen molar-refractivity contribution >= 4 is 58.5 Å². The standard InChI is InChI=1S/C40H45ClF2N6O6/c1-22-9-8-10-31(49-18-16-24(20-32(49)50)33-28(42)14-13-27(41)34(33)43)30-19-23(15-17-44-30)26-12-11-25(21-29(26)46-35(22)51)45-36(47-37(52)54-39(2,3)4)48-38(53)55-40(5,6)7/h11-15,17,19-22,31H,8-10,16,18H2,1-7H3,(H,46,51)(H2,45,47,48,52,53)/t22-,31+/m1/s1. The van der Waals surface area contributed by atoms with Crippen LogP contribution >= 0.6 is 11.6 Å². The summed E-state index contributed by atoms with van der Waals surface area (Å²) in [6.07, 6.45) is 2.78. The molecule has 12 nitrogen and oxygen atoms in total. The number of guanidine groups is 1. The highest BCUT2D eigenvalue weighted by molar-refractivity contribution is 6.31. The molecule has 0 saturated carbocycles. The summed E-state index contributed by atoms with van der Waals surface area (Å²) in [6.45, 7) is 12.1. The minimum atomic E-state index is -0.957. The van der Waals surface area contributed by atoms with Crippen molar-refractivity contribution in [2.45, 2.75) is 91.4 Å². The van der Waals surface area contributed by atoms with Crippen LogP contribution in [0, 0.1) is 17.6 Å². The summed E-state index contributed by atoms with van der Waals surface area (Å²) in [5.74, 6) is -3.07. The average molecular weight is 779 g/mol. The molecule has 3 heterocycles. The monoisotopic (exact) mass is 778 g/mol. The maximum absolute atomic E-state index is 14.9. The van der Waals surface area contributed by atoms with E-state index in [9.17, 15) is 28.0 Å². The Balaban J connectivity index is 1.49. The first-order valence-corrected chi connectivity index (χ1v) is 18.3. The third-order valence-electron chi connectivity index (χ3n) is 8.70. The van der Waals surface area contributed by atoms with E-state index in [-0.39, 0.29) is 41.0 Å². The number of rotatable bonds is 3. The summed E-state index contributed by atoms with van der Waals surface area (Å²) >= 11 is 5.93. The number of anilines is 2. The zero-order valence-electron chi connectivity index (χ0n) is 31.8. The Labute approximate surface area is 323 Å². The van der Waals surface area contributed by atoms with Gasteiger partial charge in [-0.05, 0) is 108 Å². The number of benzene rings is 2. The van der Waals surface area contributed by atoms with Crippen LogP contribution in [0.25, 0.3) is 16.7 Å². The molecule has 2 aromatic carbocycles. The highest BCUT2D eigenvalue weighted by Gasteiger charge is 2.32. The van der Waals surface area contributed by atoms with Crippen molar-refractivity contribution in [3.63, 3.8) is 0 Å². The summed E-state index contributed by atoms with van der Waals surface area (Å²) in [7, 11) is 0. The molecular weight excluding hydrogens is 734 g/mol. The van der Waals surface area contributed by atoms with Gasteiger partial charge < -0.3 is 25.0 Å². The van der Waals surface area contributed by atoms with Crippen molar-refractivity contribution < 1.29 is 37.4 Å².